The number of rotatable bonds is 2. The summed E-state index contributed by atoms with van der Waals surface area (Å²) in [4.78, 5) is 0. The van der Waals surface area contributed by atoms with Gasteiger partial charge < -0.3 is 4.74 Å². The molecule has 0 saturated carbocycles. The Morgan fingerprint density at radius 3 is 2.55 bits per heavy atom. The average Bonchev–Trinajstić information content (AvgIpc) is 2.80. The van der Waals surface area contributed by atoms with Crippen LogP contribution in [-0.4, -0.2) is 6.10 Å². The molecule has 1 aromatic rings. The van der Waals surface area contributed by atoms with Gasteiger partial charge in [-0.2, -0.15) is 0 Å². The molecule has 0 bridgehead atoms. The van der Waals surface area contributed by atoms with Crippen molar-refractivity contribution >= 4 is 11.6 Å². The van der Waals surface area contributed by atoms with Crippen LogP contribution in [-0.2, 0) is 4.74 Å². The first-order valence-electron chi connectivity index (χ1n) is 7.31. The molecule has 1 aliphatic heterocycles. The SMILES string of the molecule is Cc1cc(Cl)c(F)cc1[C@H]1CC[C@@H]([C@H](C)C(C)(C)C)O1. The second-order valence-corrected chi connectivity index (χ2v) is 7.43. The summed E-state index contributed by atoms with van der Waals surface area (Å²) in [6, 6.07) is 3.22. The first-order valence-corrected chi connectivity index (χ1v) is 7.69. The Hall–Kier alpha value is -0.600. The molecule has 0 unspecified atom stereocenters. The Morgan fingerprint density at radius 1 is 1.30 bits per heavy atom. The Labute approximate surface area is 126 Å². The van der Waals surface area contributed by atoms with Crippen LogP contribution in [0.3, 0.4) is 0 Å². The molecule has 2 rings (SSSR count). The molecule has 112 valence electrons. The van der Waals surface area contributed by atoms with E-state index in [1.165, 1.54) is 6.07 Å². The lowest BCUT2D eigenvalue weighted by atomic mass is 9.78. The summed E-state index contributed by atoms with van der Waals surface area (Å²) in [7, 11) is 0. The van der Waals surface area contributed by atoms with Crippen LogP contribution in [0.1, 0.15) is 57.8 Å². The normalized spacial score (nSPS) is 24.9. The van der Waals surface area contributed by atoms with Gasteiger partial charge in [0.1, 0.15) is 5.82 Å². The molecule has 1 saturated heterocycles. The van der Waals surface area contributed by atoms with Crippen LogP contribution in [0.4, 0.5) is 4.39 Å². The third kappa shape index (κ3) is 3.17. The van der Waals surface area contributed by atoms with E-state index in [1.54, 1.807) is 6.07 Å². The molecular formula is C17H24ClFO. The Bertz CT molecular complexity index is 492. The highest BCUT2D eigenvalue weighted by atomic mass is 35.5. The lowest BCUT2D eigenvalue weighted by Crippen LogP contribution is -2.29. The summed E-state index contributed by atoms with van der Waals surface area (Å²) in [5, 5.41) is 0.184. The molecule has 3 atom stereocenters. The monoisotopic (exact) mass is 298 g/mol. The van der Waals surface area contributed by atoms with Crippen LogP contribution < -0.4 is 0 Å². The number of hydrogen-bond donors (Lipinski definition) is 0. The summed E-state index contributed by atoms with van der Waals surface area (Å²) in [5.41, 5.74) is 2.17. The lowest BCUT2D eigenvalue weighted by Gasteiger charge is -2.32. The first kappa shape index (κ1) is 15.8. The van der Waals surface area contributed by atoms with Gasteiger partial charge in [-0.15, -0.1) is 0 Å². The second kappa shape index (κ2) is 5.65. The molecule has 0 N–H and O–H groups in total. The summed E-state index contributed by atoms with van der Waals surface area (Å²) in [6.07, 6.45) is 2.23. The predicted octanol–water partition coefficient (Wildman–Crippen LogP) is 5.69. The molecule has 0 radical (unpaired) electrons. The van der Waals surface area contributed by atoms with Crippen molar-refractivity contribution in [3.63, 3.8) is 0 Å². The number of ether oxygens (including phenoxy) is 1. The van der Waals surface area contributed by atoms with E-state index in [9.17, 15) is 4.39 Å². The first-order chi connectivity index (χ1) is 9.20. The minimum absolute atomic E-state index is 0.00318. The van der Waals surface area contributed by atoms with Gasteiger partial charge in [0.25, 0.3) is 0 Å². The standard InChI is InChI=1S/C17H24ClFO/c1-10-8-13(18)14(19)9-12(10)16-7-6-15(20-16)11(2)17(3,4)5/h8-9,11,15-16H,6-7H2,1-5H3/t11-,15-,16+/m0/s1. The molecule has 1 aromatic carbocycles. The van der Waals surface area contributed by atoms with Gasteiger partial charge in [-0.3, -0.25) is 0 Å². The third-order valence-corrected chi connectivity index (χ3v) is 4.92. The maximum atomic E-state index is 13.7. The summed E-state index contributed by atoms with van der Waals surface area (Å²) < 4.78 is 19.9. The van der Waals surface area contributed by atoms with Crippen LogP contribution in [0.15, 0.2) is 12.1 Å². The van der Waals surface area contributed by atoms with Crippen molar-refractivity contribution in [3.05, 3.63) is 34.1 Å². The van der Waals surface area contributed by atoms with Gasteiger partial charge in [0.2, 0.25) is 0 Å². The third-order valence-electron chi connectivity index (χ3n) is 4.63. The Kier molecular flexibility index (Phi) is 4.46. The summed E-state index contributed by atoms with van der Waals surface area (Å²) in [5.74, 6) is 0.119. The number of benzene rings is 1. The van der Waals surface area contributed by atoms with E-state index in [0.29, 0.717) is 5.92 Å². The average molecular weight is 299 g/mol. The number of hydrogen-bond acceptors (Lipinski definition) is 1. The van der Waals surface area contributed by atoms with Gasteiger partial charge in [0.05, 0.1) is 17.2 Å². The molecule has 0 aromatic heterocycles. The molecular weight excluding hydrogens is 275 g/mol. The van der Waals surface area contributed by atoms with Crippen LogP contribution in [0.5, 0.6) is 0 Å². The fourth-order valence-electron chi connectivity index (χ4n) is 2.83. The largest absolute Gasteiger partial charge is 0.370 e. The van der Waals surface area contributed by atoms with Crippen LogP contribution in [0.25, 0.3) is 0 Å². The van der Waals surface area contributed by atoms with Gasteiger partial charge in [0, 0.05) is 0 Å². The lowest BCUT2D eigenvalue weighted by molar-refractivity contribution is -0.0166. The molecule has 0 aliphatic carbocycles. The maximum Gasteiger partial charge on any atom is 0.142 e. The highest BCUT2D eigenvalue weighted by Gasteiger charge is 2.36. The van der Waals surface area contributed by atoms with Crippen molar-refractivity contribution in [1.82, 2.24) is 0 Å². The topological polar surface area (TPSA) is 9.23 Å². The number of aryl methyl sites for hydroxylation is 1. The van der Waals surface area contributed by atoms with Crippen molar-refractivity contribution in [1.29, 1.82) is 0 Å². The van der Waals surface area contributed by atoms with E-state index < -0.39 is 0 Å². The van der Waals surface area contributed by atoms with E-state index in [4.69, 9.17) is 16.3 Å². The van der Waals surface area contributed by atoms with Crippen molar-refractivity contribution in [2.24, 2.45) is 11.3 Å². The van der Waals surface area contributed by atoms with E-state index in [0.717, 1.165) is 24.0 Å². The molecule has 3 heteroatoms. The maximum absolute atomic E-state index is 13.7. The van der Waals surface area contributed by atoms with Gasteiger partial charge in [-0.05, 0) is 54.4 Å². The number of halogens is 2. The minimum Gasteiger partial charge on any atom is -0.370 e. The van der Waals surface area contributed by atoms with Gasteiger partial charge >= 0.3 is 0 Å². The zero-order valence-corrected chi connectivity index (χ0v) is 13.7. The highest BCUT2D eigenvalue weighted by molar-refractivity contribution is 6.30. The molecule has 0 amide bonds. The van der Waals surface area contributed by atoms with E-state index in [2.05, 4.69) is 27.7 Å². The van der Waals surface area contributed by atoms with Crippen molar-refractivity contribution in [2.45, 2.75) is 59.7 Å². The molecule has 1 nitrogen and oxygen atoms in total. The van der Waals surface area contributed by atoms with Crippen LogP contribution >= 0.6 is 11.6 Å². The zero-order valence-electron chi connectivity index (χ0n) is 13.0. The van der Waals surface area contributed by atoms with Crippen LogP contribution in [0, 0.1) is 24.1 Å². The Balaban J connectivity index is 2.16. The van der Waals surface area contributed by atoms with E-state index >= 15 is 0 Å². The highest BCUT2D eigenvalue weighted by Crippen LogP contribution is 2.42. The molecule has 1 fully saturated rings. The zero-order chi connectivity index (χ0) is 15.1. The molecule has 1 heterocycles. The van der Waals surface area contributed by atoms with E-state index in [-0.39, 0.29) is 28.5 Å². The van der Waals surface area contributed by atoms with Gasteiger partial charge in [0.15, 0.2) is 0 Å². The van der Waals surface area contributed by atoms with Gasteiger partial charge in [-0.1, -0.05) is 39.3 Å². The summed E-state index contributed by atoms with van der Waals surface area (Å²) in [6.45, 7) is 10.9. The van der Waals surface area contributed by atoms with Crippen LogP contribution in [0.2, 0.25) is 5.02 Å². The van der Waals surface area contributed by atoms with Crippen molar-refractivity contribution in [2.75, 3.05) is 0 Å². The fourth-order valence-corrected chi connectivity index (χ4v) is 3.04. The van der Waals surface area contributed by atoms with Gasteiger partial charge in [-0.25, -0.2) is 4.39 Å². The second-order valence-electron chi connectivity index (χ2n) is 7.02. The quantitative estimate of drug-likeness (QED) is 0.681. The smallest absolute Gasteiger partial charge is 0.142 e. The molecule has 20 heavy (non-hydrogen) atoms. The summed E-state index contributed by atoms with van der Waals surface area (Å²) >= 11 is 5.82. The minimum atomic E-state index is -0.358. The van der Waals surface area contributed by atoms with Crippen molar-refractivity contribution < 1.29 is 9.13 Å². The van der Waals surface area contributed by atoms with Crippen molar-refractivity contribution in [3.8, 4) is 0 Å². The van der Waals surface area contributed by atoms with E-state index in [1.807, 2.05) is 6.92 Å². The fraction of sp³-hybridized carbons (Fsp3) is 0.647. The Morgan fingerprint density at radius 2 is 1.95 bits per heavy atom. The molecule has 0 spiro atoms. The molecule has 1 aliphatic rings. The predicted molar refractivity (Wildman–Crippen MR) is 81.6 cm³/mol.